The molecular weight excluding hydrogens is 368 g/mol. The zero-order valence-electron chi connectivity index (χ0n) is 14.6. The van der Waals surface area contributed by atoms with E-state index >= 15 is 0 Å². The molecular formula is C20H19ClN2O2S. The van der Waals surface area contributed by atoms with Gasteiger partial charge in [-0.3, -0.25) is 9.69 Å². The maximum Gasteiger partial charge on any atom is 0.266 e. The highest BCUT2D eigenvalue weighted by atomic mass is 35.5. The van der Waals surface area contributed by atoms with Crippen LogP contribution in [-0.4, -0.2) is 22.5 Å². The van der Waals surface area contributed by atoms with E-state index < -0.39 is 0 Å². The fourth-order valence-electron chi connectivity index (χ4n) is 2.37. The number of hydrogen-bond donors (Lipinski definition) is 0. The molecule has 3 rings (SSSR count). The summed E-state index contributed by atoms with van der Waals surface area (Å²) in [5.74, 6) is 1.06. The van der Waals surface area contributed by atoms with Gasteiger partial charge in [0.05, 0.1) is 16.9 Å². The quantitative estimate of drug-likeness (QED) is 0.614. The van der Waals surface area contributed by atoms with Gasteiger partial charge in [-0.15, -0.1) is 0 Å². The summed E-state index contributed by atoms with van der Waals surface area (Å²) in [7, 11) is 0. The molecule has 0 radical (unpaired) electrons. The average Bonchev–Trinajstić information content (AvgIpc) is 3.21. The molecule has 1 aliphatic rings. The van der Waals surface area contributed by atoms with Crippen LogP contribution in [-0.2, 0) is 4.79 Å². The number of carbonyl (C=O) groups is 1. The van der Waals surface area contributed by atoms with E-state index in [1.54, 1.807) is 29.4 Å². The number of carbonyl (C=O) groups excluding carboxylic acids is 1. The molecule has 0 bridgehead atoms. The fraction of sp³-hybridized carbons (Fsp3) is 0.200. The van der Waals surface area contributed by atoms with Crippen molar-refractivity contribution in [2.75, 3.05) is 6.54 Å². The van der Waals surface area contributed by atoms with Crippen LogP contribution in [0.5, 0.6) is 0 Å². The first-order valence-electron chi connectivity index (χ1n) is 8.29. The van der Waals surface area contributed by atoms with Gasteiger partial charge in [0.2, 0.25) is 0 Å². The van der Waals surface area contributed by atoms with Crippen LogP contribution in [0.3, 0.4) is 0 Å². The number of aliphatic imine (C=N–C) groups is 1. The second-order valence-corrected chi connectivity index (χ2v) is 7.63. The van der Waals surface area contributed by atoms with Crippen molar-refractivity contribution in [3.05, 3.63) is 70.5 Å². The second-order valence-electron chi connectivity index (χ2n) is 6.19. The number of hydrogen-bond acceptors (Lipinski definition) is 4. The normalized spacial score (nSPS) is 18.2. The summed E-state index contributed by atoms with van der Waals surface area (Å²) in [4.78, 5) is 19.8. The van der Waals surface area contributed by atoms with Crippen LogP contribution in [0.4, 0.5) is 5.69 Å². The minimum absolute atomic E-state index is 0.0273. The topological polar surface area (TPSA) is 45.8 Å². The minimum atomic E-state index is -0.0273. The Morgan fingerprint density at radius 1 is 1.27 bits per heavy atom. The number of nitrogens with zero attached hydrogens (tertiary/aromatic N) is 2. The fourth-order valence-corrected chi connectivity index (χ4v) is 3.46. The molecule has 0 unspecified atom stereocenters. The summed E-state index contributed by atoms with van der Waals surface area (Å²) in [5.41, 5.74) is 0.769. The number of halogens is 1. The lowest BCUT2D eigenvalue weighted by atomic mass is 10.2. The average molecular weight is 387 g/mol. The van der Waals surface area contributed by atoms with Crippen LogP contribution in [0.15, 0.2) is 69.1 Å². The van der Waals surface area contributed by atoms with Gasteiger partial charge in [-0.2, -0.15) is 0 Å². The molecule has 2 heterocycles. The van der Waals surface area contributed by atoms with Gasteiger partial charge in [-0.25, -0.2) is 4.99 Å². The predicted molar refractivity (Wildman–Crippen MR) is 109 cm³/mol. The Kier molecular flexibility index (Phi) is 6.01. The van der Waals surface area contributed by atoms with Gasteiger partial charge >= 0.3 is 0 Å². The van der Waals surface area contributed by atoms with Crippen molar-refractivity contribution in [3.8, 4) is 0 Å². The van der Waals surface area contributed by atoms with Crippen molar-refractivity contribution in [3.63, 3.8) is 0 Å². The molecule has 0 atom stereocenters. The van der Waals surface area contributed by atoms with E-state index in [4.69, 9.17) is 16.0 Å². The van der Waals surface area contributed by atoms with Crippen molar-refractivity contribution >= 4 is 46.2 Å². The standard InChI is InChI=1S/C20H19ClN2O2S/c1-14(2)13-23-19(24)18(7-3-5-17-6-4-12-25-17)26-20(23)22-16-10-8-15(21)9-11-16/h3-12,14H,13H2,1-2H3/b5-3+,18-7-,22-20?. The number of amides is 1. The van der Waals surface area contributed by atoms with Gasteiger partial charge in [0.1, 0.15) is 5.76 Å². The molecule has 0 saturated carbocycles. The molecule has 0 aliphatic carbocycles. The third-order valence-corrected chi connectivity index (χ3v) is 4.82. The first kappa shape index (κ1) is 18.5. The van der Waals surface area contributed by atoms with E-state index in [1.165, 1.54) is 11.8 Å². The molecule has 4 nitrogen and oxygen atoms in total. The zero-order valence-corrected chi connectivity index (χ0v) is 16.1. The van der Waals surface area contributed by atoms with E-state index in [1.807, 2.05) is 36.4 Å². The summed E-state index contributed by atoms with van der Waals surface area (Å²) >= 11 is 7.31. The lowest BCUT2D eigenvalue weighted by molar-refractivity contribution is -0.122. The second kappa shape index (κ2) is 8.43. The van der Waals surface area contributed by atoms with Gasteiger partial charge in [-0.1, -0.05) is 31.5 Å². The van der Waals surface area contributed by atoms with Gasteiger partial charge < -0.3 is 4.42 Å². The molecule has 1 fully saturated rings. The molecule has 1 amide bonds. The van der Waals surface area contributed by atoms with Crippen LogP contribution in [0, 0.1) is 5.92 Å². The highest BCUT2D eigenvalue weighted by Gasteiger charge is 2.33. The molecule has 1 aromatic carbocycles. The van der Waals surface area contributed by atoms with Gasteiger partial charge in [0.15, 0.2) is 5.17 Å². The number of rotatable bonds is 5. The van der Waals surface area contributed by atoms with Crippen LogP contribution in [0.2, 0.25) is 5.02 Å². The molecule has 1 saturated heterocycles. The maximum absolute atomic E-state index is 12.8. The summed E-state index contributed by atoms with van der Waals surface area (Å²) < 4.78 is 5.26. The van der Waals surface area contributed by atoms with Crippen molar-refractivity contribution in [2.45, 2.75) is 13.8 Å². The minimum Gasteiger partial charge on any atom is -0.465 e. The molecule has 6 heteroatoms. The predicted octanol–water partition coefficient (Wildman–Crippen LogP) is 5.75. The first-order chi connectivity index (χ1) is 12.5. The van der Waals surface area contributed by atoms with Crippen LogP contribution in [0.25, 0.3) is 6.08 Å². The Labute approximate surface area is 162 Å². The highest BCUT2D eigenvalue weighted by molar-refractivity contribution is 8.18. The molecule has 1 aromatic heterocycles. The van der Waals surface area contributed by atoms with Gasteiger partial charge in [0.25, 0.3) is 5.91 Å². The monoisotopic (exact) mass is 386 g/mol. The Hall–Kier alpha value is -2.24. The largest absolute Gasteiger partial charge is 0.465 e. The number of thioether (sulfide) groups is 1. The van der Waals surface area contributed by atoms with E-state index in [2.05, 4.69) is 18.8 Å². The van der Waals surface area contributed by atoms with E-state index in [0.717, 1.165) is 11.4 Å². The lowest BCUT2D eigenvalue weighted by Gasteiger charge is -2.17. The Balaban J connectivity index is 1.85. The van der Waals surface area contributed by atoms with Crippen molar-refractivity contribution in [1.82, 2.24) is 4.90 Å². The lowest BCUT2D eigenvalue weighted by Crippen LogP contribution is -2.32. The van der Waals surface area contributed by atoms with Crippen LogP contribution in [0.1, 0.15) is 19.6 Å². The zero-order chi connectivity index (χ0) is 18.5. The number of furan rings is 1. The molecule has 134 valence electrons. The molecule has 2 aromatic rings. The van der Waals surface area contributed by atoms with Gasteiger partial charge in [-0.05, 0) is 66.2 Å². The highest BCUT2D eigenvalue weighted by Crippen LogP contribution is 2.33. The number of allylic oxidation sites excluding steroid dienone is 2. The molecule has 0 spiro atoms. The Morgan fingerprint density at radius 3 is 2.69 bits per heavy atom. The SMILES string of the molecule is CC(C)CN1C(=O)/C(=C/C=C/c2ccco2)SC1=Nc1ccc(Cl)cc1. The summed E-state index contributed by atoms with van der Waals surface area (Å²) in [6.45, 7) is 4.78. The molecule has 0 N–H and O–H groups in total. The van der Waals surface area contributed by atoms with Crippen LogP contribution < -0.4 is 0 Å². The third-order valence-electron chi connectivity index (χ3n) is 3.54. The third kappa shape index (κ3) is 4.68. The molecule has 1 aliphatic heterocycles. The molecule has 26 heavy (non-hydrogen) atoms. The number of benzene rings is 1. The maximum atomic E-state index is 12.8. The van der Waals surface area contributed by atoms with E-state index in [9.17, 15) is 4.79 Å². The van der Waals surface area contributed by atoms with E-state index in [0.29, 0.717) is 27.6 Å². The van der Waals surface area contributed by atoms with Crippen molar-refractivity contribution < 1.29 is 9.21 Å². The summed E-state index contributed by atoms with van der Waals surface area (Å²) in [6.07, 6.45) is 7.05. The van der Waals surface area contributed by atoms with Crippen molar-refractivity contribution in [2.24, 2.45) is 10.9 Å². The number of amidine groups is 1. The first-order valence-corrected chi connectivity index (χ1v) is 9.48. The van der Waals surface area contributed by atoms with Crippen LogP contribution >= 0.6 is 23.4 Å². The van der Waals surface area contributed by atoms with E-state index in [-0.39, 0.29) is 5.91 Å². The Bertz CT molecular complexity index is 852. The van der Waals surface area contributed by atoms with Crippen molar-refractivity contribution in [1.29, 1.82) is 0 Å². The Morgan fingerprint density at radius 2 is 2.04 bits per heavy atom. The summed E-state index contributed by atoms with van der Waals surface area (Å²) in [6, 6.07) is 10.9. The smallest absolute Gasteiger partial charge is 0.266 e. The van der Waals surface area contributed by atoms with Gasteiger partial charge in [0, 0.05) is 11.6 Å². The summed E-state index contributed by atoms with van der Waals surface area (Å²) in [5, 5.41) is 1.34.